The van der Waals surface area contributed by atoms with Crippen LogP contribution in [0.2, 0.25) is 0 Å². The SMILES string of the molecule is C=CCn1c(=O)n(CC=C)c(=O)n(CC(=O)NC(C)c2ccco2)c1=O. The van der Waals surface area contributed by atoms with Crippen molar-refractivity contribution >= 4 is 5.91 Å². The molecule has 0 saturated heterocycles. The van der Waals surface area contributed by atoms with Gasteiger partial charge < -0.3 is 9.73 Å². The van der Waals surface area contributed by atoms with Crippen molar-refractivity contribution < 1.29 is 9.21 Å². The summed E-state index contributed by atoms with van der Waals surface area (Å²) in [5, 5.41) is 2.63. The van der Waals surface area contributed by atoms with Crippen LogP contribution >= 0.6 is 0 Å². The van der Waals surface area contributed by atoms with Gasteiger partial charge in [0.25, 0.3) is 0 Å². The molecule has 0 aliphatic rings. The van der Waals surface area contributed by atoms with Gasteiger partial charge in [0.2, 0.25) is 5.91 Å². The minimum Gasteiger partial charge on any atom is -0.467 e. The summed E-state index contributed by atoms with van der Waals surface area (Å²) in [6.07, 6.45) is 4.19. The van der Waals surface area contributed by atoms with E-state index in [0.717, 1.165) is 9.13 Å². The average Bonchev–Trinajstić information content (AvgIpc) is 3.14. The fourth-order valence-electron chi connectivity index (χ4n) is 2.43. The van der Waals surface area contributed by atoms with Gasteiger partial charge in [-0.3, -0.25) is 4.79 Å². The molecule has 0 radical (unpaired) electrons. The van der Waals surface area contributed by atoms with Gasteiger partial charge in [0, 0.05) is 0 Å². The topological polar surface area (TPSA) is 108 Å². The van der Waals surface area contributed by atoms with E-state index in [1.54, 1.807) is 19.1 Å². The molecule has 0 fully saturated rings. The first-order chi connectivity index (χ1) is 12.4. The molecule has 1 unspecified atom stereocenters. The van der Waals surface area contributed by atoms with Gasteiger partial charge in [0.15, 0.2) is 0 Å². The first-order valence-electron chi connectivity index (χ1n) is 7.89. The van der Waals surface area contributed by atoms with Crippen molar-refractivity contribution in [3.63, 3.8) is 0 Å². The van der Waals surface area contributed by atoms with E-state index in [9.17, 15) is 19.2 Å². The molecule has 1 amide bonds. The van der Waals surface area contributed by atoms with E-state index in [4.69, 9.17) is 4.42 Å². The Morgan fingerprint density at radius 2 is 1.65 bits per heavy atom. The second-order valence-corrected chi connectivity index (χ2v) is 5.54. The van der Waals surface area contributed by atoms with E-state index in [2.05, 4.69) is 18.5 Å². The molecule has 26 heavy (non-hydrogen) atoms. The van der Waals surface area contributed by atoms with Gasteiger partial charge in [0.1, 0.15) is 12.3 Å². The molecular formula is C17H20N4O5. The highest BCUT2D eigenvalue weighted by molar-refractivity contribution is 5.76. The Hall–Kier alpha value is -3.36. The van der Waals surface area contributed by atoms with Gasteiger partial charge in [-0.05, 0) is 19.1 Å². The number of hydrogen-bond donors (Lipinski definition) is 1. The van der Waals surface area contributed by atoms with Crippen LogP contribution in [0.4, 0.5) is 0 Å². The molecule has 0 aromatic carbocycles. The van der Waals surface area contributed by atoms with Crippen molar-refractivity contribution in [2.45, 2.75) is 32.6 Å². The van der Waals surface area contributed by atoms with E-state index in [1.807, 2.05) is 0 Å². The molecule has 2 aromatic rings. The molecule has 138 valence electrons. The average molecular weight is 360 g/mol. The van der Waals surface area contributed by atoms with Crippen LogP contribution in [0.15, 0.2) is 62.5 Å². The van der Waals surface area contributed by atoms with Crippen molar-refractivity contribution in [2.75, 3.05) is 0 Å². The number of rotatable bonds is 8. The van der Waals surface area contributed by atoms with Crippen molar-refractivity contribution in [3.8, 4) is 0 Å². The molecule has 9 nitrogen and oxygen atoms in total. The molecule has 0 saturated carbocycles. The summed E-state index contributed by atoms with van der Waals surface area (Å²) in [6, 6.07) is 2.93. The molecule has 0 spiro atoms. The van der Waals surface area contributed by atoms with Crippen LogP contribution in [0.3, 0.4) is 0 Å². The molecule has 1 N–H and O–H groups in total. The first kappa shape index (κ1) is 19.0. The Kier molecular flexibility index (Phi) is 5.94. The number of nitrogens with one attached hydrogen (secondary N) is 1. The minimum absolute atomic E-state index is 0.0838. The lowest BCUT2D eigenvalue weighted by atomic mass is 10.2. The van der Waals surface area contributed by atoms with E-state index < -0.39 is 35.6 Å². The standard InChI is InChI=1S/C17H20N4O5/c1-4-8-19-15(23)20(9-5-2)17(25)21(16(19)24)11-14(22)18-12(3)13-7-6-10-26-13/h4-7,10,12H,1-2,8-9,11H2,3H3,(H,18,22). The third-order valence-corrected chi connectivity index (χ3v) is 3.66. The summed E-state index contributed by atoms with van der Waals surface area (Å²) >= 11 is 0. The van der Waals surface area contributed by atoms with Crippen LogP contribution in [0.1, 0.15) is 18.7 Å². The zero-order valence-corrected chi connectivity index (χ0v) is 14.4. The molecule has 2 aromatic heterocycles. The summed E-state index contributed by atoms with van der Waals surface area (Å²) in [7, 11) is 0. The van der Waals surface area contributed by atoms with Crippen molar-refractivity contribution in [1.82, 2.24) is 19.0 Å². The second kappa shape index (κ2) is 8.15. The third-order valence-electron chi connectivity index (χ3n) is 3.66. The largest absolute Gasteiger partial charge is 0.467 e. The lowest BCUT2D eigenvalue weighted by Gasteiger charge is -2.14. The highest BCUT2D eigenvalue weighted by atomic mass is 16.3. The quantitative estimate of drug-likeness (QED) is 0.668. The number of hydrogen-bond acceptors (Lipinski definition) is 5. The highest BCUT2D eigenvalue weighted by Crippen LogP contribution is 2.11. The van der Waals surface area contributed by atoms with Crippen LogP contribution in [0.5, 0.6) is 0 Å². The predicted octanol–water partition coefficient (Wildman–Crippen LogP) is 0.0141. The molecule has 9 heteroatoms. The number of nitrogens with zero attached hydrogens (tertiary/aromatic N) is 3. The molecule has 0 aliphatic carbocycles. The van der Waals surface area contributed by atoms with Gasteiger partial charge in [-0.15, -0.1) is 13.2 Å². The third kappa shape index (κ3) is 3.82. The number of aromatic nitrogens is 3. The zero-order valence-electron chi connectivity index (χ0n) is 14.4. The Bertz CT molecular complexity index is 930. The van der Waals surface area contributed by atoms with Crippen molar-refractivity contribution in [2.24, 2.45) is 0 Å². The fraction of sp³-hybridized carbons (Fsp3) is 0.294. The number of allylic oxidation sites excluding steroid dienone is 2. The number of carbonyl (C=O) groups is 1. The number of carbonyl (C=O) groups excluding carboxylic acids is 1. The normalized spacial score (nSPS) is 11.7. The summed E-state index contributed by atoms with van der Waals surface area (Å²) < 4.78 is 7.57. The lowest BCUT2D eigenvalue weighted by molar-refractivity contribution is -0.122. The maximum absolute atomic E-state index is 12.4. The van der Waals surface area contributed by atoms with Crippen LogP contribution in [-0.2, 0) is 24.4 Å². The smallest absolute Gasteiger partial charge is 0.337 e. The summed E-state index contributed by atoms with van der Waals surface area (Å²) in [5.74, 6) is -0.0338. The number of amides is 1. The fourth-order valence-corrected chi connectivity index (χ4v) is 2.43. The Balaban J connectivity index is 2.38. The van der Waals surface area contributed by atoms with E-state index in [0.29, 0.717) is 10.3 Å². The molecule has 2 heterocycles. The monoisotopic (exact) mass is 360 g/mol. The van der Waals surface area contributed by atoms with Crippen LogP contribution in [0, 0.1) is 0 Å². The van der Waals surface area contributed by atoms with Crippen molar-refractivity contribution in [1.29, 1.82) is 0 Å². The predicted molar refractivity (Wildman–Crippen MR) is 94.9 cm³/mol. The Morgan fingerprint density at radius 1 is 1.12 bits per heavy atom. The first-order valence-corrected chi connectivity index (χ1v) is 7.89. The van der Waals surface area contributed by atoms with Crippen LogP contribution in [-0.4, -0.2) is 19.6 Å². The summed E-state index contributed by atoms with van der Waals surface area (Å²) in [4.78, 5) is 49.4. The van der Waals surface area contributed by atoms with E-state index >= 15 is 0 Å². The number of furan rings is 1. The molecule has 2 rings (SSSR count). The van der Waals surface area contributed by atoms with Crippen molar-refractivity contribution in [3.05, 3.63) is 80.9 Å². The van der Waals surface area contributed by atoms with Gasteiger partial charge in [0.05, 0.1) is 25.4 Å². The Morgan fingerprint density at radius 3 is 2.12 bits per heavy atom. The maximum Gasteiger partial charge on any atom is 0.337 e. The van der Waals surface area contributed by atoms with Gasteiger partial charge >= 0.3 is 17.1 Å². The minimum atomic E-state index is -0.874. The molecule has 1 atom stereocenters. The zero-order chi connectivity index (χ0) is 19.3. The lowest BCUT2D eigenvalue weighted by Crippen LogP contribution is -2.55. The van der Waals surface area contributed by atoms with Crippen LogP contribution in [0.25, 0.3) is 0 Å². The molecule has 0 aliphatic heterocycles. The van der Waals surface area contributed by atoms with Gasteiger partial charge in [-0.1, -0.05) is 12.2 Å². The maximum atomic E-state index is 12.4. The molecule has 0 bridgehead atoms. The summed E-state index contributed by atoms with van der Waals surface area (Å²) in [6.45, 7) is 7.98. The van der Waals surface area contributed by atoms with E-state index in [-0.39, 0.29) is 13.1 Å². The van der Waals surface area contributed by atoms with Gasteiger partial charge in [-0.2, -0.15) is 0 Å². The Labute approximate surface area is 148 Å². The van der Waals surface area contributed by atoms with Gasteiger partial charge in [-0.25, -0.2) is 28.1 Å². The van der Waals surface area contributed by atoms with E-state index in [1.165, 1.54) is 18.4 Å². The highest BCUT2D eigenvalue weighted by Gasteiger charge is 2.18. The second-order valence-electron chi connectivity index (χ2n) is 5.54. The van der Waals surface area contributed by atoms with Crippen LogP contribution < -0.4 is 22.4 Å². The summed E-state index contributed by atoms with van der Waals surface area (Å²) in [5.41, 5.74) is -2.53. The molecular weight excluding hydrogens is 340 g/mol.